The summed E-state index contributed by atoms with van der Waals surface area (Å²) in [5.74, 6) is 0.624. The van der Waals surface area contributed by atoms with Crippen LogP contribution in [0.1, 0.15) is 32.3 Å². The third-order valence-electron chi connectivity index (χ3n) is 2.85. The van der Waals surface area contributed by atoms with Gasteiger partial charge >= 0.3 is 0 Å². The normalized spacial score (nSPS) is 15.1. The quantitative estimate of drug-likeness (QED) is 0.774. The highest BCUT2D eigenvalue weighted by Crippen LogP contribution is 2.11. The zero-order valence-corrected chi connectivity index (χ0v) is 10.3. The summed E-state index contributed by atoms with van der Waals surface area (Å²) in [6, 6.07) is 9.94. The van der Waals surface area contributed by atoms with E-state index in [0.717, 1.165) is 19.3 Å². The molecular formula is C14H23NO. The summed E-state index contributed by atoms with van der Waals surface area (Å²) in [6.45, 7) is 4.32. The fraction of sp³-hybridized carbons (Fsp3) is 0.571. The highest BCUT2D eigenvalue weighted by Gasteiger charge is 2.15. The fourth-order valence-corrected chi connectivity index (χ4v) is 1.74. The van der Waals surface area contributed by atoms with E-state index in [2.05, 4.69) is 26.0 Å². The average Bonchev–Trinajstić information content (AvgIpc) is 2.27. The van der Waals surface area contributed by atoms with Crippen molar-refractivity contribution >= 4 is 0 Å². The Labute approximate surface area is 98.5 Å². The van der Waals surface area contributed by atoms with Gasteiger partial charge in [-0.25, -0.2) is 0 Å². The molecule has 1 aromatic rings. The van der Waals surface area contributed by atoms with E-state index in [-0.39, 0.29) is 12.1 Å². The molecule has 3 N–H and O–H groups in total. The molecule has 0 bridgehead atoms. The Morgan fingerprint density at radius 1 is 1.12 bits per heavy atom. The van der Waals surface area contributed by atoms with Gasteiger partial charge in [0, 0.05) is 6.04 Å². The average molecular weight is 221 g/mol. The molecule has 0 radical (unpaired) electrons. The number of benzene rings is 1. The topological polar surface area (TPSA) is 46.2 Å². The van der Waals surface area contributed by atoms with E-state index in [0.29, 0.717) is 5.92 Å². The molecule has 2 atom stereocenters. The molecule has 0 heterocycles. The third kappa shape index (κ3) is 4.77. The number of rotatable bonds is 6. The summed E-state index contributed by atoms with van der Waals surface area (Å²) < 4.78 is 0. The third-order valence-corrected chi connectivity index (χ3v) is 2.85. The van der Waals surface area contributed by atoms with E-state index in [4.69, 9.17) is 5.73 Å². The Morgan fingerprint density at radius 2 is 1.75 bits per heavy atom. The predicted octanol–water partition coefficient (Wildman–Crippen LogP) is 2.35. The molecule has 0 amide bonds. The van der Waals surface area contributed by atoms with Crippen molar-refractivity contribution < 1.29 is 5.11 Å². The van der Waals surface area contributed by atoms with Gasteiger partial charge in [0.05, 0.1) is 6.10 Å². The molecule has 1 rings (SSSR count). The van der Waals surface area contributed by atoms with Crippen molar-refractivity contribution in [3.63, 3.8) is 0 Å². The van der Waals surface area contributed by atoms with Gasteiger partial charge in [-0.3, -0.25) is 0 Å². The van der Waals surface area contributed by atoms with Gasteiger partial charge in [0.2, 0.25) is 0 Å². The Bertz CT molecular complexity index is 284. The maximum Gasteiger partial charge on any atom is 0.0694 e. The first-order valence-corrected chi connectivity index (χ1v) is 6.07. The van der Waals surface area contributed by atoms with Gasteiger partial charge in [-0.05, 0) is 30.7 Å². The number of hydrogen-bond donors (Lipinski definition) is 2. The molecule has 0 saturated carbocycles. The molecule has 2 nitrogen and oxygen atoms in total. The first-order valence-electron chi connectivity index (χ1n) is 6.07. The minimum Gasteiger partial charge on any atom is -0.392 e. The number of aliphatic hydroxyl groups is 1. The van der Waals surface area contributed by atoms with Crippen LogP contribution in [-0.2, 0) is 6.42 Å². The molecule has 0 aromatic heterocycles. The van der Waals surface area contributed by atoms with Gasteiger partial charge in [-0.1, -0.05) is 44.2 Å². The Morgan fingerprint density at radius 3 is 2.31 bits per heavy atom. The molecular weight excluding hydrogens is 198 g/mol. The lowest BCUT2D eigenvalue weighted by atomic mass is 9.96. The molecule has 0 fully saturated rings. The van der Waals surface area contributed by atoms with Gasteiger partial charge in [-0.15, -0.1) is 0 Å². The summed E-state index contributed by atoms with van der Waals surface area (Å²) in [5, 5.41) is 9.90. The van der Waals surface area contributed by atoms with Crippen molar-refractivity contribution in [2.75, 3.05) is 0 Å². The second-order valence-corrected chi connectivity index (χ2v) is 4.89. The standard InChI is InChI=1S/C14H23NO/c1-11(2)8-9-14(16)13(15)10-12-6-4-3-5-7-12/h3-7,11,13-14,16H,8-10,15H2,1-2H3. The van der Waals surface area contributed by atoms with Crippen molar-refractivity contribution in [3.8, 4) is 0 Å². The van der Waals surface area contributed by atoms with Crippen LogP contribution in [0.3, 0.4) is 0 Å². The number of aliphatic hydroxyl groups excluding tert-OH is 1. The second kappa shape index (κ2) is 6.66. The van der Waals surface area contributed by atoms with Crippen molar-refractivity contribution in [2.45, 2.75) is 45.3 Å². The molecule has 0 aliphatic heterocycles. The van der Waals surface area contributed by atoms with Crippen molar-refractivity contribution in [1.29, 1.82) is 0 Å². The molecule has 2 heteroatoms. The fourth-order valence-electron chi connectivity index (χ4n) is 1.74. The van der Waals surface area contributed by atoms with Crippen molar-refractivity contribution in [1.82, 2.24) is 0 Å². The van der Waals surface area contributed by atoms with Gasteiger partial charge in [0.25, 0.3) is 0 Å². The maximum absolute atomic E-state index is 9.90. The van der Waals surface area contributed by atoms with Crippen LogP contribution in [0.2, 0.25) is 0 Å². The van der Waals surface area contributed by atoms with Crippen LogP contribution in [0.25, 0.3) is 0 Å². The molecule has 1 aromatic carbocycles. The lowest BCUT2D eigenvalue weighted by Gasteiger charge is -2.19. The van der Waals surface area contributed by atoms with E-state index in [9.17, 15) is 5.11 Å². The maximum atomic E-state index is 9.90. The minimum atomic E-state index is -0.386. The second-order valence-electron chi connectivity index (χ2n) is 4.89. The molecule has 0 spiro atoms. The number of nitrogens with two attached hydrogens (primary N) is 1. The van der Waals surface area contributed by atoms with E-state index in [1.807, 2.05) is 18.2 Å². The first kappa shape index (κ1) is 13.2. The largest absolute Gasteiger partial charge is 0.392 e. The molecule has 0 saturated heterocycles. The van der Waals surface area contributed by atoms with Crippen LogP contribution in [-0.4, -0.2) is 17.3 Å². The summed E-state index contributed by atoms with van der Waals surface area (Å²) in [6.07, 6.45) is 2.19. The summed E-state index contributed by atoms with van der Waals surface area (Å²) in [4.78, 5) is 0. The molecule has 2 unspecified atom stereocenters. The van der Waals surface area contributed by atoms with E-state index in [1.54, 1.807) is 0 Å². The lowest BCUT2D eigenvalue weighted by Crippen LogP contribution is -2.36. The Balaban J connectivity index is 2.37. The van der Waals surface area contributed by atoms with E-state index < -0.39 is 0 Å². The monoisotopic (exact) mass is 221 g/mol. The minimum absolute atomic E-state index is 0.152. The van der Waals surface area contributed by atoms with Gasteiger partial charge in [0.15, 0.2) is 0 Å². The molecule has 90 valence electrons. The van der Waals surface area contributed by atoms with Crippen LogP contribution in [0, 0.1) is 5.92 Å². The van der Waals surface area contributed by atoms with Gasteiger partial charge in [0.1, 0.15) is 0 Å². The van der Waals surface area contributed by atoms with Gasteiger partial charge < -0.3 is 10.8 Å². The zero-order chi connectivity index (χ0) is 12.0. The zero-order valence-electron chi connectivity index (χ0n) is 10.3. The smallest absolute Gasteiger partial charge is 0.0694 e. The SMILES string of the molecule is CC(C)CCC(O)C(N)Cc1ccccc1. The van der Waals surface area contributed by atoms with Crippen LogP contribution in [0.15, 0.2) is 30.3 Å². The van der Waals surface area contributed by atoms with Gasteiger partial charge in [-0.2, -0.15) is 0 Å². The molecule has 0 aliphatic rings. The lowest BCUT2D eigenvalue weighted by molar-refractivity contribution is 0.128. The molecule has 0 aliphatic carbocycles. The highest BCUT2D eigenvalue weighted by molar-refractivity contribution is 5.16. The van der Waals surface area contributed by atoms with Crippen LogP contribution < -0.4 is 5.73 Å². The van der Waals surface area contributed by atoms with Crippen LogP contribution in [0.5, 0.6) is 0 Å². The van der Waals surface area contributed by atoms with Crippen molar-refractivity contribution in [2.24, 2.45) is 11.7 Å². The highest BCUT2D eigenvalue weighted by atomic mass is 16.3. The van der Waals surface area contributed by atoms with E-state index >= 15 is 0 Å². The predicted molar refractivity (Wildman–Crippen MR) is 68.2 cm³/mol. The molecule has 16 heavy (non-hydrogen) atoms. The summed E-state index contributed by atoms with van der Waals surface area (Å²) in [7, 11) is 0. The summed E-state index contributed by atoms with van der Waals surface area (Å²) in [5.41, 5.74) is 7.18. The van der Waals surface area contributed by atoms with Crippen molar-refractivity contribution in [3.05, 3.63) is 35.9 Å². The number of hydrogen-bond acceptors (Lipinski definition) is 2. The Hall–Kier alpha value is -0.860. The van der Waals surface area contributed by atoms with E-state index in [1.165, 1.54) is 5.56 Å². The van der Waals surface area contributed by atoms with Crippen LogP contribution in [0.4, 0.5) is 0 Å². The van der Waals surface area contributed by atoms with Crippen LogP contribution >= 0.6 is 0 Å². The first-order chi connectivity index (χ1) is 7.59. The summed E-state index contributed by atoms with van der Waals surface area (Å²) >= 11 is 0. The Kier molecular flexibility index (Phi) is 5.50.